The van der Waals surface area contributed by atoms with Crippen molar-refractivity contribution in [3.63, 3.8) is 0 Å². The summed E-state index contributed by atoms with van der Waals surface area (Å²) < 4.78 is 9.81. The molecular formula is C14H18N4O4. The Hall–Kier alpha value is -2.38. The summed E-state index contributed by atoms with van der Waals surface area (Å²) in [5, 5.41) is 0. The van der Waals surface area contributed by atoms with Crippen LogP contribution in [-0.4, -0.2) is 65.8 Å². The third kappa shape index (κ3) is 2.24. The molecule has 2 aliphatic rings. The van der Waals surface area contributed by atoms with E-state index in [1.54, 1.807) is 11.1 Å². The summed E-state index contributed by atoms with van der Waals surface area (Å²) in [6, 6.07) is 0. The van der Waals surface area contributed by atoms with Crippen LogP contribution in [0.5, 0.6) is 0 Å². The molecule has 0 radical (unpaired) electrons. The molecule has 1 aromatic rings. The summed E-state index contributed by atoms with van der Waals surface area (Å²) in [5.41, 5.74) is -0.132. The van der Waals surface area contributed by atoms with Crippen molar-refractivity contribution < 1.29 is 19.1 Å². The first-order valence-corrected chi connectivity index (χ1v) is 7.19. The number of methoxy groups -OCH3 is 1. The summed E-state index contributed by atoms with van der Waals surface area (Å²) in [6.07, 6.45) is 3.53. The summed E-state index contributed by atoms with van der Waals surface area (Å²) in [5.74, 6) is 0.170. The van der Waals surface area contributed by atoms with Crippen LogP contribution >= 0.6 is 0 Å². The van der Waals surface area contributed by atoms with Crippen LogP contribution in [-0.2, 0) is 9.47 Å². The third-order valence-electron chi connectivity index (χ3n) is 4.35. The number of ether oxygens (including phenoxy) is 2. The number of esters is 1. The van der Waals surface area contributed by atoms with E-state index in [2.05, 4.69) is 19.6 Å². The predicted molar refractivity (Wildman–Crippen MR) is 76.7 cm³/mol. The Balaban J connectivity index is 1.79. The fourth-order valence-corrected chi connectivity index (χ4v) is 2.95. The van der Waals surface area contributed by atoms with Gasteiger partial charge in [0.05, 0.1) is 25.0 Å². The van der Waals surface area contributed by atoms with Gasteiger partial charge >= 0.3 is 12.1 Å². The van der Waals surface area contributed by atoms with E-state index < -0.39 is 5.97 Å². The quantitative estimate of drug-likeness (QED) is 0.759. The van der Waals surface area contributed by atoms with E-state index in [1.807, 2.05) is 6.92 Å². The molecule has 0 N–H and O–H groups in total. The molecule has 0 spiro atoms. The van der Waals surface area contributed by atoms with Gasteiger partial charge in [-0.2, -0.15) is 0 Å². The van der Waals surface area contributed by atoms with Crippen molar-refractivity contribution in [2.24, 2.45) is 0 Å². The minimum Gasteiger partial charge on any atom is -0.464 e. The first kappa shape index (κ1) is 14.6. The zero-order chi connectivity index (χ0) is 15.7. The van der Waals surface area contributed by atoms with Crippen molar-refractivity contribution in [3.05, 3.63) is 18.1 Å². The number of hydrogen-bond donors (Lipinski definition) is 0. The van der Waals surface area contributed by atoms with Gasteiger partial charge in [0, 0.05) is 19.6 Å². The average Bonchev–Trinajstić information content (AvgIpc) is 2.91. The summed E-state index contributed by atoms with van der Waals surface area (Å²) in [7, 11) is 1.30. The zero-order valence-electron chi connectivity index (χ0n) is 12.6. The number of aromatic nitrogens is 2. The maximum atomic E-state index is 11.8. The van der Waals surface area contributed by atoms with Crippen LogP contribution in [0.3, 0.4) is 0 Å². The van der Waals surface area contributed by atoms with Crippen LogP contribution < -0.4 is 4.90 Å². The third-order valence-corrected chi connectivity index (χ3v) is 4.35. The van der Waals surface area contributed by atoms with Gasteiger partial charge in [0.15, 0.2) is 5.69 Å². The SMILES string of the molecule is CCC12COC(=O)N1CCN(c1cnc(C(=O)OC)cn1)C2. The first-order chi connectivity index (χ1) is 10.6. The molecule has 2 fully saturated rings. The number of hydrogen-bond acceptors (Lipinski definition) is 7. The monoisotopic (exact) mass is 306 g/mol. The number of rotatable bonds is 3. The Labute approximate surface area is 128 Å². The number of nitrogens with zero attached hydrogens (tertiary/aromatic N) is 4. The molecule has 1 unspecified atom stereocenters. The molecule has 3 rings (SSSR count). The van der Waals surface area contributed by atoms with Gasteiger partial charge in [0.2, 0.25) is 0 Å². The van der Waals surface area contributed by atoms with Gasteiger partial charge in [-0.1, -0.05) is 6.92 Å². The molecule has 118 valence electrons. The first-order valence-electron chi connectivity index (χ1n) is 7.19. The molecule has 8 heteroatoms. The lowest BCUT2D eigenvalue weighted by Crippen LogP contribution is -2.61. The van der Waals surface area contributed by atoms with Crippen molar-refractivity contribution in [3.8, 4) is 0 Å². The molecule has 0 aliphatic carbocycles. The van der Waals surface area contributed by atoms with Crippen LogP contribution in [0.25, 0.3) is 0 Å². The van der Waals surface area contributed by atoms with Crippen LogP contribution in [0.4, 0.5) is 10.6 Å². The molecule has 1 atom stereocenters. The highest BCUT2D eigenvalue weighted by Gasteiger charge is 2.49. The summed E-state index contributed by atoms with van der Waals surface area (Å²) in [4.78, 5) is 35.4. The second-order valence-corrected chi connectivity index (χ2v) is 5.46. The van der Waals surface area contributed by atoms with E-state index in [9.17, 15) is 9.59 Å². The van der Waals surface area contributed by atoms with Gasteiger partial charge < -0.3 is 14.4 Å². The van der Waals surface area contributed by atoms with Crippen LogP contribution in [0.15, 0.2) is 12.4 Å². The maximum Gasteiger partial charge on any atom is 0.410 e. The van der Waals surface area contributed by atoms with E-state index in [-0.39, 0.29) is 17.3 Å². The number of carbonyl (C=O) groups is 2. The largest absolute Gasteiger partial charge is 0.464 e. The smallest absolute Gasteiger partial charge is 0.410 e. The standard InChI is InChI=1S/C14H18N4O4/c1-3-14-8-17(4-5-18(14)13(20)22-9-14)11-7-15-10(6-16-11)12(19)21-2/h6-7H,3-5,8-9H2,1-2H3. The Kier molecular flexibility index (Phi) is 3.59. The maximum absolute atomic E-state index is 11.8. The highest BCUT2D eigenvalue weighted by atomic mass is 16.6. The lowest BCUT2D eigenvalue weighted by molar-refractivity contribution is 0.0593. The topological polar surface area (TPSA) is 84.9 Å². The molecule has 1 aromatic heterocycles. The Bertz CT molecular complexity index is 591. The molecule has 0 saturated carbocycles. The molecular weight excluding hydrogens is 288 g/mol. The van der Waals surface area contributed by atoms with E-state index in [0.29, 0.717) is 32.1 Å². The number of anilines is 1. The van der Waals surface area contributed by atoms with Gasteiger partial charge in [-0.15, -0.1) is 0 Å². The number of cyclic esters (lactones) is 1. The van der Waals surface area contributed by atoms with Crippen molar-refractivity contribution in [1.82, 2.24) is 14.9 Å². The predicted octanol–water partition coefficient (Wildman–Crippen LogP) is 0.684. The minimum absolute atomic E-state index is 0.175. The van der Waals surface area contributed by atoms with Gasteiger partial charge in [-0.3, -0.25) is 4.90 Å². The van der Waals surface area contributed by atoms with E-state index >= 15 is 0 Å². The molecule has 0 aromatic carbocycles. The lowest BCUT2D eigenvalue weighted by Gasteiger charge is -2.44. The van der Waals surface area contributed by atoms with Crippen molar-refractivity contribution in [2.75, 3.05) is 38.3 Å². The van der Waals surface area contributed by atoms with E-state index in [0.717, 1.165) is 6.42 Å². The van der Waals surface area contributed by atoms with Crippen LogP contribution in [0, 0.1) is 0 Å². The Morgan fingerprint density at radius 3 is 2.86 bits per heavy atom. The Morgan fingerprint density at radius 1 is 1.41 bits per heavy atom. The number of amides is 1. The molecule has 0 bridgehead atoms. The van der Waals surface area contributed by atoms with Crippen LogP contribution in [0.1, 0.15) is 23.8 Å². The van der Waals surface area contributed by atoms with E-state index in [1.165, 1.54) is 13.3 Å². The van der Waals surface area contributed by atoms with Crippen molar-refractivity contribution >= 4 is 17.9 Å². The molecule has 8 nitrogen and oxygen atoms in total. The second-order valence-electron chi connectivity index (χ2n) is 5.46. The van der Waals surface area contributed by atoms with E-state index in [4.69, 9.17) is 4.74 Å². The van der Waals surface area contributed by atoms with Gasteiger partial charge in [-0.25, -0.2) is 19.6 Å². The minimum atomic E-state index is -0.510. The summed E-state index contributed by atoms with van der Waals surface area (Å²) in [6.45, 7) is 4.33. The second kappa shape index (κ2) is 5.43. The molecule has 22 heavy (non-hydrogen) atoms. The van der Waals surface area contributed by atoms with Crippen LogP contribution in [0.2, 0.25) is 0 Å². The normalized spacial score (nSPS) is 24.0. The lowest BCUT2D eigenvalue weighted by atomic mass is 9.93. The number of piperazine rings is 1. The molecule has 3 heterocycles. The zero-order valence-corrected chi connectivity index (χ0v) is 12.6. The fourth-order valence-electron chi connectivity index (χ4n) is 2.95. The highest BCUT2D eigenvalue weighted by molar-refractivity contribution is 5.86. The van der Waals surface area contributed by atoms with Crippen molar-refractivity contribution in [1.29, 1.82) is 0 Å². The number of fused-ring (bicyclic) bond motifs is 1. The van der Waals surface area contributed by atoms with Gasteiger partial charge in [-0.05, 0) is 6.42 Å². The van der Waals surface area contributed by atoms with Gasteiger partial charge in [0.25, 0.3) is 0 Å². The van der Waals surface area contributed by atoms with Crippen molar-refractivity contribution in [2.45, 2.75) is 18.9 Å². The number of carbonyl (C=O) groups excluding carboxylic acids is 2. The Morgan fingerprint density at radius 2 is 2.23 bits per heavy atom. The average molecular weight is 306 g/mol. The molecule has 1 amide bonds. The van der Waals surface area contributed by atoms with Gasteiger partial charge in [0.1, 0.15) is 12.4 Å². The summed E-state index contributed by atoms with van der Waals surface area (Å²) >= 11 is 0. The fraction of sp³-hybridized carbons (Fsp3) is 0.571. The highest BCUT2D eigenvalue weighted by Crippen LogP contribution is 2.32. The molecule has 2 aliphatic heterocycles. The molecule has 2 saturated heterocycles.